The van der Waals surface area contributed by atoms with Crippen molar-refractivity contribution in [2.75, 3.05) is 0 Å². The molecule has 126 valence electrons. The zero-order valence-corrected chi connectivity index (χ0v) is 13.5. The minimum absolute atomic E-state index is 0.0384. The van der Waals surface area contributed by atoms with Crippen LogP contribution in [0.2, 0.25) is 0 Å². The standard InChI is InChI=1S/C18H16N4O3/c1-12(13-4-2-5-15(10-13)22-9-3-8-20-22)21-17(23)16-7-6-14(11-19-16)18(24)25/h2-12H,1H3,(H,21,23)(H,24,25). The molecule has 0 saturated carbocycles. The fraction of sp³-hybridized carbons (Fsp3) is 0.111. The average Bonchev–Trinajstić information content (AvgIpc) is 3.16. The number of carbonyl (C=O) groups excluding carboxylic acids is 1. The minimum Gasteiger partial charge on any atom is -0.478 e. The average molecular weight is 336 g/mol. The van der Waals surface area contributed by atoms with Gasteiger partial charge in [0.1, 0.15) is 5.69 Å². The van der Waals surface area contributed by atoms with E-state index in [2.05, 4.69) is 15.4 Å². The molecule has 1 aromatic carbocycles. The predicted molar refractivity (Wildman–Crippen MR) is 90.6 cm³/mol. The molecule has 0 saturated heterocycles. The zero-order valence-electron chi connectivity index (χ0n) is 13.5. The molecule has 0 aliphatic carbocycles. The number of hydrogen-bond donors (Lipinski definition) is 2. The highest BCUT2D eigenvalue weighted by atomic mass is 16.4. The van der Waals surface area contributed by atoms with Gasteiger partial charge in [-0.05, 0) is 42.8 Å². The number of carboxylic acids is 1. The van der Waals surface area contributed by atoms with Crippen LogP contribution < -0.4 is 5.32 Å². The summed E-state index contributed by atoms with van der Waals surface area (Å²) in [5, 5.41) is 15.9. The molecule has 1 amide bonds. The third kappa shape index (κ3) is 3.72. The highest BCUT2D eigenvalue weighted by Crippen LogP contribution is 2.17. The van der Waals surface area contributed by atoms with Crippen LogP contribution in [0.4, 0.5) is 0 Å². The van der Waals surface area contributed by atoms with Gasteiger partial charge >= 0.3 is 5.97 Å². The maximum absolute atomic E-state index is 12.3. The number of benzene rings is 1. The Labute approximate surface area is 143 Å². The van der Waals surface area contributed by atoms with E-state index in [1.807, 2.05) is 43.5 Å². The van der Waals surface area contributed by atoms with Crippen molar-refractivity contribution in [1.29, 1.82) is 0 Å². The number of nitrogens with zero attached hydrogens (tertiary/aromatic N) is 3. The Morgan fingerprint density at radius 1 is 1.20 bits per heavy atom. The SMILES string of the molecule is CC(NC(=O)c1ccc(C(=O)O)cn1)c1cccc(-n2cccn2)c1. The molecule has 2 aromatic heterocycles. The molecule has 0 aliphatic rings. The summed E-state index contributed by atoms with van der Waals surface area (Å²) >= 11 is 0. The summed E-state index contributed by atoms with van der Waals surface area (Å²) in [6.45, 7) is 1.87. The first kappa shape index (κ1) is 16.4. The van der Waals surface area contributed by atoms with Gasteiger partial charge in [-0.15, -0.1) is 0 Å². The molecule has 1 atom stereocenters. The highest BCUT2D eigenvalue weighted by molar-refractivity contribution is 5.94. The predicted octanol–water partition coefficient (Wildman–Crippen LogP) is 2.46. The summed E-state index contributed by atoms with van der Waals surface area (Å²) in [5.41, 5.74) is 2.02. The third-order valence-corrected chi connectivity index (χ3v) is 3.73. The smallest absolute Gasteiger partial charge is 0.337 e. The van der Waals surface area contributed by atoms with Gasteiger partial charge in [0.25, 0.3) is 5.91 Å². The number of aromatic carboxylic acids is 1. The van der Waals surface area contributed by atoms with Crippen LogP contribution in [-0.4, -0.2) is 31.7 Å². The number of hydrogen-bond acceptors (Lipinski definition) is 4. The van der Waals surface area contributed by atoms with E-state index in [1.54, 1.807) is 10.9 Å². The molecule has 0 aliphatic heterocycles. The van der Waals surface area contributed by atoms with E-state index < -0.39 is 5.97 Å². The summed E-state index contributed by atoms with van der Waals surface area (Å²) in [6, 6.07) is 12.0. The first-order chi connectivity index (χ1) is 12.0. The Balaban J connectivity index is 1.73. The number of pyridine rings is 1. The van der Waals surface area contributed by atoms with Crippen molar-refractivity contribution in [1.82, 2.24) is 20.1 Å². The second-order valence-electron chi connectivity index (χ2n) is 5.48. The second kappa shape index (κ2) is 6.96. The molecule has 3 rings (SSSR count). The topological polar surface area (TPSA) is 97.1 Å². The Bertz CT molecular complexity index is 889. The lowest BCUT2D eigenvalue weighted by atomic mass is 10.1. The summed E-state index contributed by atoms with van der Waals surface area (Å²) in [4.78, 5) is 27.0. The van der Waals surface area contributed by atoms with Gasteiger partial charge in [0.2, 0.25) is 0 Å². The monoisotopic (exact) mass is 336 g/mol. The summed E-state index contributed by atoms with van der Waals surface area (Å²) in [6.07, 6.45) is 4.71. The number of rotatable bonds is 5. The first-order valence-electron chi connectivity index (χ1n) is 7.65. The van der Waals surface area contributed by atoms with Crippen molar-refractivity contribution in [3.8, 4) is 5.69 Å². The van der Waals surface area contributed by atoms with Gasteiger partial charge < -0.3 is 10.4 Å². The molecule has 3 aromatic rings. The Morgan fingerprint density at radius 3 is 2.68 bits per heavy atom. The van der Waals surface area contributed by atoms with E-state index in [0.717, 1.165) is 11.3 Å². The lowest BCUT2D eigenvalue weighted by Crippen LogP contribution is -2.27. The van der Waals surface area contributed by atoms with E-state index in [0.29, 0.717) is 0 Å². The normalized spacial score (nSPS) is 11.7. The first-order valence-corrected chi connectivity index (χ1v) is 7.65. The molecule has 0 bridgehead atoms. The lowest BCUT2D eigenvalue weighted by Gasteiger charge is -2.15. The van der Waals surface area contributed by atoms with Crippen LogP contribution in [0.25, 0.3) is 5.69 Å². The fourth-order valence-corrected chi connectivity index (χ4v) is 2.37. The second-order valence-corrected chi connectivity index (χ2v) is 5.48. The van der Waals surface area contributed by atoms with Crippen LogP contribution in [0, 0.1) is 0 Å². The molecule has 2 N–H and O–H groups in total. The quantitative estimate of drug-likeness (QED) is 0.746. The van der Waals surface area contributed by atoms with E-state index in [1.165, 1.54) is 18.3 Å². The molecular weight excluding hydrogens is 320 g/mol. The summed E-state index contributed by atoms with van der Waals surface area (Å²) in [7, 11) is 0. The van der Waals surface area contributed by atoms with Crippen LogP contribution in [0.1, 0.15) is 39.4 Å². The lowest BCUT2D eigenvalue weighted by molar-refractivity contribution is 0.0695. The third-order valence-electron chi connectivity index (χ3n) is 3.73. The van der Waals surface area contributed by atoms with E-state index in [-0.39, 0.29) is 23.2 Å². The van der Waals surface area contributed by atoms with E-state index in [9.17, 15) is 9.59 Å². The van der Waals surface area contributed by atoms with Crippen molar-refractivity contribution >= 4 is 11.9 Å². The number of aromatic nitrogens is 3. The van der Waals surface area contributed by atoms with Gasteiger partial charge in [-0.25, -0.2) is 9.48 Å². The van der Waals surface area contributed by atoms with Gasteiger partial charge in [-0.3, -0.25) is 9.78 Å². The van der Waals surface area contributed by atoms with Crippen molar-refractivity contribution in [2.24, 2.45) is 0 Å². The molecule has 2 heterocycles. The summed E-state index contributed by atoms with van der Waals surface area (Å²) in [5.74, 6) is -1.45. The van der Waals surface area contributed by atoms with E-state index in [4.69, 9.17) is 5.11 Å². The van der Waals surface area contributed by atoms with Crippen LogP contribution in [-0.2, 0) is 0 Å². The molecule has 0 fully saturated rings. The molecule has 7 nitrogen and oxygen atoms in total. The maximum Gasteiger partial charge on any atom is 0.337 e. The molecule has 1 unspecified atom stereocenters. The zero-order chi connectivity index (χ0) is 17.8. The molecular formula is C18H16N4O3. The number of carbonyl (C=O) groups is 2. The van der Waals surface area contributed by atoms with E-state index >= 15 is 0 Å². The summed E-state index contributed by atoms with van der Waals surface area (Å²) < 4.78 is 1.74. The van der Waals surface area contributed by atoms with Crippen LogP contribution in [0.5, 0.6) is 0 Å². The maximum atomic E-state index is 12.3. The number of carboxylic acid groups (broad SMARTS) is 1. The highest BCUT2D eigenvalue weighted by Gasteiger charge is 2.14. The molecule has 25 heavy (non-hydrogen) atoms. The van der Waals surface area contributed by atoms with Gasteiger partial charge in [0.05, 0.1) is 17.3 Å². The van der Waals surface area contributed by atoms with Gasteiger partial charge in [0.15, 0.2) is 0 Å². The van der Waals surface area contributed by atoms with Crippen molar-refractivity contribution in [3.05, 3.63) is 77.9 Å². The largest absolute Gasteiger partial charge is 0.478 e. The fourth-order valence-electron chi connectivity index (χ4n) is 2.37. The van der Waals surface area contributed by atoms with Crippen molar-refractivity contribution < 1.29 is 14.7 Å². The van der Waals surface area contributed by atoms with Gasteiger partial charge in [0, 0.05) is 18.6 Å². The van der Waals surface area contributed by atoms with Gasteiger partial charge in [-0.1, -0.05) is 12.1 Å². The Kier molecular flexibility index (Phi) is 4.56. The Hall–Kier alpha value is -3.48. The Morgan fingerprint density at radius 2 is 2.04 bits per heavy atom. The van der Waals surface area contributed by atoms with Crippen molar-refractivity contribution in [2.45, 2.75) is 13.0 Å². The minimum atomic E-state index is -1.08. The number of nitrogens with one attached hydrogen (secondary N) is 1. The molecule has 0 spiro atoms. The van der Waals surface area contributed by atoms with Gasteiger partial charge in [-0.2, -0.15) is 5.10 Å². The van der Waals surface area contributed by atoms with Crippen molar-refractivity contribution in [3.63, 3.8) is 0 Å². The van der Waals surface area contributed by atoms with Crippen LogP contribution >= 0.6 is 0 Å². The van der Waals surface area contributed by atoms with Crippen LogP contribution in [0.3, 0.4) is 0 Å². The number of amides is 1. The van der Waals surface area contributed by atoms with Crippen LogP contribution in [0.15, 0.2) is 61.1 Å². The molecule has 7 heteroatoms. The molecule has 0 radical (unpaired) electrons.